The van der Waals surface area contributed by atoms with E-state index in [0.717, 1.165) is 202 Å². The maximum absolute atomic E-state index is 12.0. The number of carbonyl (C=O) groups excluding carboxylic acids is 4. The Morgan fingerprint density at radius 3 is 0.900 bits per heavy atom. The smallest absolute Gasteiger partial charge is 0.162 e. The molecule has 4 fully saturated rings. The summed E-state index contributed by atoms with van der Waals surface area (Å²) >= 11 is 0. The second kappa shape index (κ2) is 63.0. The standard InChI is InChI=1S/4C22H24N.C15H24O2.C13H20O2.C13H24O2.C5H8O2.4Ir/c3*1-15-11-16(2)13-18(12-15)20-10-9-19-17(14-22(3,4)5)7-6-8-21(19)23-20;1-15-10-16(2)12-17(11-15)21-13-18(14-22(3,4)5)19-8-6-7-9-20(19)23-21;16-14(12-7-3-1-4-8-12)11-15(17)13-9-5-2-6-10-13;14-12(10-5-1-2-6-10)9-13(15)11-7-3-4-8-11;1-5-10(6-2)12(14)9-13(15)11(7-3)8-4;1-4(6)3-5(2)7;;;;/h3*6-12H,14H2,1-5H3;6-11,13H,14H2,1-5H3;11-13,16H,1-10H2;9-11,14H,1-8H2;9-11,14H,5-8H2,1-4H3;3,6H,1-2H3;;;;/q4*-1;;;;;;;;/i;;;3D3;;;;;;;;. The third-order valence-electron chi connectivity index (χ3n) is 27.4. The topological polar surface area (TPSA) is 201 Å². The van der Waals surface area contributed by atoms with Gasteiger partial charge in [0.1, 0.15) is 0 Å². The van der Waals surface area contributed by atoms with Crippen LogP contribution in [0.5, 0.6) is 0 Å². The van der Waals surface area contributed by atoms with Crippen LogP contribution >= 0.6 is 0 Å². The number of pyridine rings is 4. The first-order valence-electron chi connectivity index (χ1n) is 55.6. The van der Waals surface area contributed by atoms with Gasteiger partial charge in [0.2, 0.25) is 0 Å². The quantitative estimate of drug-likeness (QED) is 0.0285. The van der Waals surface area contributed by atoms with E-state index in [9.17, 15) is 34.5 Å². The summed E-state index contributed by atoms with van der Waals surface area (Å²) in [6.45, 7) is 49.7. The molecule has 12 aromatic rings. The average Bonchev–Trinajstić information content (AvgIpc) is 0.861. The van der Waals surface area contributed by atoms with Gasteiger partial charge in [-0.15, -0.1) is 140 Å². The monoisotopic (exact) mass is 2740 g/mol. The number of hydrogen-bond donors (Lipinski definition) is 4. The van der Waals surface area contributed by atoms with Crippen LogP contribution in [-0.2, 0) is 125 Å². The van der Waals surface area contributed by atoms with Crippen molar-refractivity contribution in [1.29, 1.82) is 0 Å². The number of aliphatic hydroxyl groups is 4. The number of aliphatic hydroxyl groups excluding tert-OH is 4. The van der Waals surface area contributed by atoms with Crippen LogP contribution in [0.2, 0.25) is 0 Å². The molecule has 4 aliphatic carbocycles. The van der Waals surface area contributed by atoms with Gasteiger partial charge in [-0.2, -0.15) is 0 Å². The molecular weight excluding hydrogens is 2560 g/mol. The van der Waals surface area contributed by atoms with Gasteiger partial charge >= 0.3 is 0 Å². The van der Waals surface area contributed by atoms with Gasteiger partial charge in [0, 0.05) is 166 Å². The van der Waals surface area contributed by atoms with Crippen LogP contribution in [-0.4, -0.2) is 63.5 Å². The average molecular weight is 2740 g/mol. The van der Waals surface area contributed by atoms with Crippen molar-refractivity contribution in [3.05, 3.63) is 308 Å². The van der Waals surface area contributed by atoms with Crippen molar-refractivity contribution in [2.45, 2.75) is 347 Å². The van der Waals surface area contributed by atoms with Crippen molar-refractivity contribution in [2.75, 3.05) is 0 Å². The van der Waals surface area contributed by atoms with E-state index in [1.54, 1.807) is 19.9 Å². The van der Waals surface area contributed by atoms with Gasteiger partial charge in [-0.25, -0.2) is 0 Å². The minimum atomic E-state index is -2.02. The van der Waals surface area contributed by atoms with Gasteiger partial charge in [-0.3, -0.25) is 39.1 Å². The Bertz CT molecular complexity index is 6160. The summed E-state index contributed by atoms with van der Waals surface area (Å²) in [5, 5.41) is 42.7. The van der Waals surface area contributed by atoms with Crippen molar-refractivity contribution < 1.29 is 124 Å². The summed E-state index contributed by atoms with van der Waals surface area (Å²) in [5.41, 5.74) is 26.7. The van der Waals surface area contributed by atoms with E-state index in [2.05, 4.69) is 275 Å². The molecule has 16 heteroatoms. The fraction of sp³-hybridized carbons (Fsp3) is 0.463. The van der Waals surface area contributed by atoms with Crippen LogP contribution in [0.1, 0.15) is 337 Å². The van der Waals surface area contributed by atoms with E-state index in [-0.39, 0.29) is 167 Å². The number of allylic oxidation sites excluding steroid dienone is 8. The zero-order valence-corrected chi connectivity index (χ0v) is 104. The van der Waals surface area contributed by atoms with Crippen LogP contribution in [0.4, 0.5) is 0 Å². The van der Waals surface area contributed by atoms with Crippen molar-refractivity contribution in [3.8, 4) is 45.0 Å². The third kappa shape index (κ3) is 44.0. The normalized spacial score (nSPS) is 14.8. The van der Waals surface area contributed by atoms with Crippen molar-refractivity contribution in [1.82, 2.24) is 19.9 Å². The van der Waals surface area contributed by atoms with Crippen LogP contribution < -0.4 is 0 Å². The Labute approximate surface area is 960 Å². The summed E-state index contributed by atoms with van der Waals surface area (Å²) < 4.78 is 23.6. The SMILES string of the molecule is CC(=O)C=C(C)O.CCC(CC)C(=O)C=C(O)C(CC)CC.Cc1[c-]c(-c2ccc3c(CC(C)(C)C)cccc3n2)cc(C)c1.Cc1[c-]c(-c2ccc3c(CC(C)(C)C)cccc3n2)cc(C)c1.Cc1[c-]c(-c2ccc3c(CC(C)(C)C)cccc3n2)cc(C)c1.O=C(C=C(O)C1CCCC1)C1CCCC1.O=C(C=C(O)C1CCCCC1)C1CCCCC1.[2H]C([2H])([2H])C(C)(C)Cc1cc(-c2[c-]c(C)cc(C)c2)nc2ccccc12.[Ir].[Ir].[Ir].[Ir]. The Morgan fingerprint density at radius 1 is 0.333 bits per heavy atom. The Balaban J connectivity index is 0.000000311. The van der Waals surface area contributed by atoms with E-state index >= 15 is 0 Å². The minimum Gasteiger partial charge on any atom is -0.512 e. The molecule has 0 atom stereocenters. The van der Waals surface area contributed by atoms with E-state index < -0.39 is 12.3 Å². The number of fused-ring (bicyclic) bond motifs is 4. The van der Waals surface area contributed by atoms with E-state index in [1.807, 2.05) is 65.0 Å². The molecule has 12 nitrogen and oxygen atoms in total. The summed E-state index contributed by atoms with van der Waals surface area (Å²) in [6.07, 6.45) is 33.1. The van der Waals surface area contributed by atoms with Crippen LogP contribution in [0, 0.1) is 137 Å². The van der Waals surface area contributed by atoms with Gasteiger partial charge in [0.15, 0.2) is 23.1 Å². The number of nitrogens with zero attached hydrogens (tertiary/aromatic N) is 4. The van der Waals surface area contributed by atoms with Gasteiger partial charge < -0.3 is 20.4 Å². The maximum atomic E-state index is 12.0. The first-order chi connectivity index (χ1) is 70.3. The molecular formula is C134H172Ir4N4O8-4. The van der Waals surface area contributed by atoms with Crippen molar-refractivity contribution in [3.63, 3.8) is 0 Å². The Morgan fingerprint density at radius 2 is 0.613 bits per heavy atom. The Hall–Kier alpha value is -9.16. The molecule has 0 saturated heterocycles. The minimum absolute atomic E-state index is 0. The fourth-order valence-electron chi connectivity index (χ4n) is 20.5. The van der Waals surface area contributed by atoms with E-state index in [0.29, 0.717) is 17.9 Å². The maximum Gasteiger partial charge on any atom is 0.162 e. The number of aryl methyl sites for hydroxylation is 8. The number of carbonyl (C=O) groups is 4. The number of para-hydroxylation sites is 1. The van der Waals surface area contributed by atoms with Crippen molar-refractivity contribution in [2.24, 2.45) is 57.2 Å². The summed E-state index contributed by atoms with van der Waals surface area (Å²) in [7, 11) is 0. The zero-order valence-electron chi connectivity index (χ0n) is 97.4. The molecule has 16 rings (SSSR count). The third-order valence-corrected chi connectivity index (χ3v) is 27.4. The molecule has 4 heterocycles. The number of benzene rings is 8. The number of hydrogen-bond acceptors (Lipinski definition) is 12. The number of aromatic nitrogens is 4. The first kappa shape index (κ1) is 126. The fourth-order valence-corrected chi connectivity index (χ4v) is 20.5. The zero-order chi connectivity index (χ0) is 109. The molecule has 4 aromatic heterocycles. The Kier molecular flexibility index (Phi) is 52.9. The molecule has 0 spiro atoms. The molecule has 8 aromatic carbocycles. The van der Waals surface area contributed by atoms with Gasteiger partial charge in [-0.1, -0.05) is 327 Å². The molecule has 0 amide bonds. The second-order valence-electron chi connectivity index (χ2n) is 46.0. The largest absolute Gasteiger partial charge is 0.512 e. The number of ketones is 4. The summed E-state index contributed by atoms with van der Waals surface area (Å²) in [6, 6.07) is 73.0. The molecule has 0 unspecified atom stereocenters. The van der Waals surface area contributed by atoms with Gasteiger partial charge in [0.05, 0.1) is 45.1 Å². The predicted octanol–water partition coefficient (Wildman–Crippen LogP) is 36.1. The second-order valence-corrected chi connectivity index (χ2v) is 46.0. The molecule has 4 saturated carbocycles. The molecule has 150 heavy (non-hydrogen) atoms. The molecule has 0 aliphatic heterocycles. The van der Waals surface area contributed by atoms with E-state index in [1.165, 1.54) is 146 Å². The van der Waals surface area contributed by atoms with E-state index in [4.69, 9.17) is 29.2 Å². The predicted molar refractivity (Wildman–Crippen MR) is 614 cm³/mol. The molecule has 4 aliphatic rings. The molecule has 4 radical (unpaired) electrons. The van der Waals surface area contributed by atoms with Crippen molar-refractivity contribution >= 4 is 66.7 Å². The van der Waals surface area contributed by atoms with Crippen LogP contribution in [0.25, 0.3) is 88.6 Å². The summed E-state index contributed by atoms with van der Waals surface area (Å²) in [5.74, 6) is 2.46. The van der Waals surface area contributed by atoms with Crippen LogP contribution in [0.3, 0.4) is 0 Å². The van der Waals surface area contributed by atoms with Crippen LogP contribution in [0.15, 0.2) is 217 Å². The first-order valence-corrected chi connectivity index (χ1v) is 54.1. The molecule has 816 valence electrons. The summed E-state index contributed by atoms with van der Waals surface area (Å²) in [4.78, 5) is 65.0. The number of rotatable bonds is 22. The molecule has 0 bridgehead atoms. The van der Waals surface area contributed by atoms with Gasteiger partial charge in [0.25, 0.3) is 0 Å². The molecule has 4 N–H and O–H groups in total. The van der Waals surface area contributed by atoms with Gasteiger partial charge in [-0.05, 0) is 208 Å².